The van der Waals surface area contributed by atoms with Gasteiger partial charge in [-0.1, -0.05) is 41.4 Å². The number of carbonyl (C=O) groups excluding carboxylic acids is 2. The Bertz CT molecular complexity index is 1480. The van der Waals surface area contributed by atoms with Crippen molar-refractivity contribution in [2.45, 2.75) is 43.8 Å². The van der Waals surface area contributed by atoms with E-state index in [1.54, 1.807) is 0 Å². The van der Waals surface area contributed by atoms with Crippen LogP contribution in [0.4, 0.5) is 23.2 Å². The van der Waals surface area contributed by atoms with Gasteiger partial charge in [0.25, 0.3) is 18.2 Å². The number of aliphatic hydroxyl groups is 1. The summed E-state index contributed by atoms with van der Waals surface area (Å²) >= 11 is 11.8. The van der Waals surface area contributed by atoms with Gasteiger partial charge in [-0.15, -0.1) is 0 Å². The molecular formula is C28H23Cl2F4N3O3. The molecule has 0 radical (unpaired) electrons. The van der Waals surface area contributed by atoms with Crippen LogP contribution in [-0.2, 0) is 10.4 Å². The molecule has 6 nitrogen and oxygen atoms in total. The second kappa shape index (κ2) is 11.0. The number of halogens is 6. The first-order valence-electron chi connectivity index (χ1n) is 12.5. The molecule has 1 aromatic heterocycles. The Kier molecular flexibility index (Phi) is 7.78. The molecule has 0 spiro atoms. The second-order valence-electron chi connectivity index (χ2n) is 9.97. The molecule has 0 saturated heterocycles. The minimum Gasteiger partial charge on any atom is -0.372 e. The fourth-order valence-electron chi connectivity index (χ4n) is 5.50. The van der Waals surface area contributed by atoms with Crippen LogP contribution < -0.4 is 10.2 Å². The number of alkyl halides is 2. The van der Waals surface area contributed by atoms with Crippen LogP contribution in [0.25, 0.3) is 0 Å². The average molecular weight is 596 g/mol. The summed E-state index contributed by atoms with van der Waals surface area (Å²) in [4.78, 5) is 31.2. The highest BCUT2D eigenvalue weighted by Crippen LogP contribution is 2.47. The molecule has 2 aromatic carbocycles. The van der Waals surface area contributed by atoms with Gasteiger partial charge in [-0.05, 0) is 55.9 Å². The van der Waals surface area contributed by atoms with Gasteiger partial charge in [-0.25, -0.2) is 17.6 Å². The summed E-state index contributed by atoms with van der Waals surface area (Å²) in [6.45, 7) is 0.119. The number of fused-ring (bicyclic) bond motifs is 1. The van der Waals surface area contributed by atoms with Crippen LogP contribution in [0.3, 0.4) is 0 Å². The van der Waals surface area contributed by atoms with E-state index in [4.69, 9.17) is 23.2 Å². The predicted octanol–water partition coefficient (Wildman–Crippen LogP) is 6.18. The number of anilines is 1. The fraction of sp³-hybridized carbons (Fsp3) is 0.321. The summed E-state index contributed by atoms with van der Waals surface area (Å²) in [6, 6.07) is 8.27. The normalized spacial score (nSPS) is 22.5. The third kappa shape index (κ3) is 5.04. The number of hydrogen-bond acceptors (Lipinski definition) is 4. The molecule has 1 fully saturated rings. The van der Waals surface area contributed by atoms with E-state index in [9.17, 15) is 32.3 Å². The van der Waals surface area contributed by atoms with Gasteiger partial charge in [0.05, 0.1) is 21.3 Å². The maximum Gasteiger partial charge on any atom is 0.281 e. The Morgan fingerprint density at radius 2 is 1.82 bits per heavy atom. The summed E-state index contributed by atoms with van der Waals surface area (Å²) < 4.78 is 55.9. The van der Waals surface area contributed by atoms with E-state index < -0.39 is 41.2 Å². The summed E-state index contributed by atoms with van der Waals surface area (Å²) in [5.74, 6) is -3.20. The average Bonchev–Trinajstić information content (AvgIpc) is 3.12. The van der Waals surface area contributed by atoms with Gasteiger partial charge in [-0.3, -0.25) is 14.6 Å². The standard InChI is InChI=1S/C28H23Cl2F4N3O3/c29-15-10-18(24(25(33)34)35-12-15)26(38)36-17-7-4-14(5-8-17)13-37-22-11-16(31)6-9-19(22)28(40,27(37)39)20-2-1-3-21(30)23(20)32/h1-3,6,9-12,14,17,25,40H,4-5,7-8,13H2,(H,36,38). The van der Waals surface area contributed by atoms with Gasteiger partial charge in [0.15, 0.2) is 5.60 Å². The van der Waals surface area contributed by atoms with Crippen molar-refractivity contribution >= 4 is 40.7 Å². The van der Waals surface area contributed by atoms with Crippen molar-refractivity contribution in [3.05, 3.63) is 92.7 Å². The molecule has 2 N–H and O–H groups in total. The third-order valence-electron chi connectivity index (χ3n) is 7.50. The fourth-order valence-corrected chi connectivity index (χ4v) is 5.83. The molecule has 210 valence electrons. The van der Waals surface area contributed by atoms with Crippen LogP contribution in [0.5, 0.6) is 0 Å². The second-order valence-corrected chi connectivity index (χ2v) is 10.8. The Morgan fingerprint density at radius 1 is 1.10 bits per heavy atom. The van der Waals surface area contributed by atoms with Gasteiger partial charge in [-0.2, -0.15) is 0 Å². The van der Waals surface area contributed by atoms with E-state index >= 15 is 0 Å². The summed E-state index contributed by atoms with van der Waals surface area (Å²) in [7, 11) is 0. The van der Waals surface area contributed by atoms with Crippen LogP contribution in [-0.4, -0.2) is 34.5 Å². The number of nitrogens with zero attached hydrogens (tertiary/aromatic N) is 2. The van der Waals surface area contributed by atoms with Gasteiger partial charge in [0.1, 0.15) is 17.3 Å². The molecule has 1 saturated carbocycles. The number of nitrogens with one attached hydrogen (secondary N) is 1. The number of carbonyl (C=O) groups is 2. The van der Waals surface area contributed by atoms with Gasteiger partial charge < -0.3 is 15.3 Å². The van der Waals surface area contributed by atoms with E-state index in [2.05, 4.69) is 10.3 Å². The monoisotopic (exact) mass is 595 g/mol. The maximum absolute atomic E-state index is 15.0. The van der Waals surface area contributed by atoms with Crippen LogP contribution in [0, 0.1) is 17.6 Å². The van der Waals surface area contributed by atoms with Crippen LogP contribution in [0.15, 0.2) is 48.7 Å². The van der Waals surface area contributed by atoms with Gasteiger partial charge in [0.2, 0.25) is 0 Å². The predicted molar refractivity (Wildman–Crippen MR) is 141 cm³/mol. The van der Waals surface area contributed by atoms with E-state index in [-0.39, 0.29) is 50.9 Å². The van der Waals surface area contributed by atoms with Crippen LogP contribution >= 0.6 is 23.2 Å². The number of hydrogen-bond donors (Lipinski definition) is 2. The zero-order chi connectivity index (χ0) is 28.8. The minimum atomic E-state index is -2.95. The largest absolute Gasteiger partial charge is 0.372 e. The minimum absolute atomic E-state index is 0.0472. The van der Waals surface area contributed by atoms with E-state index in [1.807, 2.05) is 0 Å². The third-order valence-corrected chi connectivity index (χ3v) is 7.99. The number of aromatic nitrogens is 1. The molecule has 2 heterocycles. The van der Waals surface area contributed by atoms with E-state index in [0.29, 0.717) is 25.7 Å². The maximum atomic E-state index is 15.0. The van der Waals surface area contributed by atoms with Crippen molar-refractivity contribution in [3.8, 4) is 0 Å². The first-order valence-corrected chi connectivity index (χ1v) is 13.3. The van der Waals surface area contributed by atoms with Gasteiger partial charge >= 0.3 is 0 Å². The molecule has 3 aromatic rings. The Morgan fingerprint density at radius 3 is 2.52 bits per heavy atom. The van der Waals surface area contributed by atoms with E-state index in [0.717, 1.165) is 24.4 Å². The zero-order valence-electron chi connectivity index (χ0n) is 20.8. The lowest BCUT2D eigenvalue weighted by molar-refractivity contribution is -0.132. The topological polar surface area (TPSA) is 82.5 Å². The molecule has 2 amide bonds. The molecule has 1 aliphatic heterocycles. The van der Waals surface area contributed by atoms with Crippen molar-refractivity contribution < 1.29 is 32.3 Å². The highest BCUT2D eigenvalue weighted by molar-refractivity contribution is 6.31. The highest BCUT2D eigenvalue weighted by atomic mass is 35.5. The lowest BCUT2D eigenvalue weighted by Crippen LogP contribution is -2.45. The molecule has 2 aliphatic rings. The highest BCUT2D eigenvalue weighted by Gasteiger charge is 2.53. The zero-order valence-corrected chi connectivity index (χ0v) is 22.3. The van der Waals surface area contributed by atoms with Crippen molar-refractivity contribution in [1.29, 1.82) is 0 Å². The Hall–Kier alpha value is -3.21. The number of rotatable bonds is 6. The summed E-state index contributed by atoms with van der Waals surface area (Å²) in [6.07, 6.45) is 0.159. The van der Waals surface area contributed by atoms with Crippen molar-refractivity contribution in [1.82, 2.24) is 10.3 Å². The number of pyridine rings is 1. The molecule has 40 heavy (non-hydrogen) atoms. The molecule has 1 unspecified atom stereocenters. The lowest BCUT2D eigenvalue weighted by Gasteiger charge is -2.32. The SMILES string of the molecule is O=C(NC1CCC(CN2C(=O)C(O)(c3cccc(Cl)c3F)c3ccc(F)cc32)CC1)c1cc(Cl)cnc1C(F)F. The summed E-state index contributed by atoms with van der Waals surface area (Å²) in [5.41, 5.74) is -3.49. The van der Waals surface area contributed by atoms with Crippen molar-refractivity contribution in [2.75, 3.05) is 11.4 Å². The van der Waals surface area contributed by atoms with Gasteiger partial charge in [0, 0.05) is 29.9 Å². The smallest absolute Gasteiger partial charge is 0.281 e. The molecule has 5 rings (SSSR count). The number of amides is 2. The Labute approximate surface area is 236 Å². The first kappa shape index (κ1) is 28.3. The Balaban J connectivity index is 1.31. The molecule has 1 atom stereocenters. The molecule has 1 aliphatic carbocycles. The van der Waals surface area contributed by atoms with Crippen LogP contribution in [0.2, 0.25) is 10.0 Å². The number of benzene rings is 2. The van der Waals surface area contributed by atoms with Crippen molar-refractivity contribution in [2.24, 2.45) is 5.92 Å². The lowest BCUT2D eigenvalue weighted by atomic mass is 9.85. The summed E-state index contributed by atoms with van der Waals surface area (Å²) in [5, 5.41) is 14.1. The molecule has 0 bridgehead atoms. The first-order chi connectivity index (χ1) is 19.0. The molecule has 12 heteroatoms. The van der Waals surface area contributed by atoms with Crippen molar-refractivity contribution in [3.63, 3.8) is 0 Å². The molecular weight excluding hydrogens is 573 g/mol. The van der Waals surface area contributed by atoms with Crippen LogP contribution in [0.1, 0.15) is 59.3 Å². The van der Waals surface area contributed by atoms with E-state index in [1.165, 1.54) is 29.2 Å². The quantitative estimate of drug-likeness (QED) is 0.334.